The Kier molecular flexibility index (Phi) is 11.6. The van der Waals surface area contributed by atoms with Gasteiger partial charge < -0.3 is 32.5 Å². The first-order valence-corrected chi connectivity index (χ1v) is 10.7. The SMILES string of the molecule is CCC(C)C(NC(=O)CNC(=O)C(N)CCC(N)=O)C(=O)NC(Cc1ccccc1)C(=O)O. The first-order valence-electron chi connectivity index (χ1n) is 10.7. The Labute approximate surface area is 192 Å². The summed E-state index contributed by atoms with van der Waals surface area (Å²) >= 11 is 0. The minimum absolute atomic E-state index is 0.0404. The number of carbonyl (C=O) groups is 5. The third-order valence-corrected chi connectivity index (χ3v) is 5.17. The third-order valence-electron chi connectivity index (χ3n) is 5.17. The van der Waals surface area contributed by atoms with Gasteiger partial charge in [-0.3, -0.25) is 19.2 Å². The summed E-state index contributed by atoms with van der Waals surface area (Å²) in [5.74, 6) is -3.99. The maximum Gasteiger partial charge on any atom is 0.326 e. The van der Waals surface area contributed by atoms with Crippen LogP contribution in [0, 0.1) is 5.92 Å². The van der Waals surface area contributed by atoms with Crippen molar-refractivity contribution in [2.24, 2.45) is 17.4 Å². The van der Waals surface area contributed by atoms with Crippen LogP contribution in [-0.4, -0.2) is 59.4 Å². The van der Waals surface area contributed by atoms with Gasteiger partial charge >= 0.3 is 5.97 Å². The van der Waals surface area contributed by atoms with Crippen molar-refractivity contribution in [2.45, 2.75) is 57.7 Å². The van der Waals surface area contributed by atoms with Crippen molar-refractivity contribution in [3.05, 3.63) is 35.9 Å². The van der Waals surface area contributed by atoms with Crippen LogP contribution < -0.4 is 27.4 Å². The molecule has 1 aromatic rings. The van der Waals surface area contributed by atoms with Crippen molar-refractivity contribution in [3.8, 4) is 0 Å². The van der Waals surface area contributed by atoms with Gasteiger partial charge in [-0.2, -0.15) is 0 Å². The molecule has 4 atom stereocenters. The molecule has 0 heterocycles. The molecule has 11 heteroatoms. The number of carboxylic acid groups (broad SMARTS) is 1. The fourth-order valence-electron chi connectivity index (χ4n) is 2.97. The monoisotopic (exact) mass is 463 g/mol. The van der Waals surface area contributed by atoms with Gasteiger partial charge in [0.2, 0.25) is 23.6 Å². The maximum absolute atomic E-state index is 12.8. The van der Waals surface area contributed by atoms with Crippen LogP contribution in [0.15, 0.2) is 30.3 Å². The number of hydrogen-bond acceptors (Lipinski definition) is 6. The molecule has 0 aromatic heterocycles. The molecule has 11 nitrogen and oxygen atoms in total. The molecule has 0 aliphatic heterocycles. The Morgan fingerprint density at radius 3 is 2.21 bits per heavy atom. The minimum Gasteiger partial charge on any atom is -0.480 e. The number of hydrogen-bond donors (Lipinski definition) is 6. The lowest BCUT2D eigenvalue weighted by Crippen LogP contribution is -2.56. The lowest BCUT2D eigenvalue weighted by Gasteiger charge is -2.25. The molecule has 182 valence electrons. The molecule has 0 spiro atoms. The maximum atomic E-state index is 12.8. The Morgan fingerprint density at radius 1 is 1.03 bits per heavy atom. The molecular formula is C22H33N5O6. The van der Waals surface area contributed by atoms with Crippen molar-refractivity contribution in [1.29, 1.82) is 0 Å². The van der Waals surface area contributed by atoms with E-state index in [9.17, 15) is 29.1 Å². The molecule has 1 aromatic carbocycles. The van der Waals surface area contributed by atoms with Gasteiger partial charge in [0.05, 0.1) is 12.6 Å². The van der Waals surface area contributed by atoms with Crippen molar-refractivity contribution in [2.75, 3.05) is 6.54 Å². The summed E-state index contributed by atoms with van der Waals surface area (Å²) < 4.78 is 0. The molecule has 0 aliphatic carbocycles. The second kappa shape index (κ2) is 13.8. The quantitative estimate of drug-likeness (QED) is 0.204. The van der Waals surface area contributed by atoms with E-state index in [0.717, 1.165) is 5.56 Å². The number of amides is 4. The highest BCUT2D eigenvalue weighted by Crippen LogP contribution is 2.10. The highest BCUT2D eigenvalue weighted by Gasteiger charge is 2.30. The molecule has 1 rings (SSSR count). The van der Waals surface area contributed by atoms with Gasteiger partial charge in [0, 0.05) is 12.8 Å². The van der Waals surface area contributed by atoms with Crippen molar-refractivity contribution >= 4 is 29.6 Å². The first kappa shape index (κ1) is 27.6. The molecule has 0 fully saturated rings. The van der Waals surface area contributed by atoms with Gasteiger partial charge in [-0.15, -0.1) is 0 Å². The number of benzene rings is 1. The topological polar surface area (TPSA) is 194 Å². The first-order chi connectivity index (χ1) is 15.5. The molecule has 0 radical (unpaired) electrons. The lowest BCUT2D eigenvalue weighted by molar-refractivity contribution is -0.142. The van der Waals surface area contributed by atoms with Crippen LogP contribution in [0.1, 0.15) is 38.7 Å². The molecule has 0 saturated carbocycles. The van der Waals surface area contributed by atoms with E-state index < -0.39 is 54.3 Å². The van der Waals surface area contributed by atoms with E-state index in [1.807, 2.05) is 6.92 Å². The molecule has 0 aliphatic rings. The van der Waals surface area contributed by atoms with E-state index in [1.165, 1.54) is 0 Å². The average Bonchev–Trinajstić information content (AvgIpc) is 2.78. The summed E-state index contributed by atoms with van der Waals surface area (Å²) in [6.07, 6.45) is 0.602. The number of aliphatic carboxylic acids is 1. The molecular weight excluding hydrogens is 430 g/mol. The lowest BCUT2D eigenvalue weighted by atomic mass is 9.97. The van der Waals surface area contributed by atoms with E-state index in [2.05, 4.69) is 16.0 Å². The summed E-state index contributed by atoms with van der Waals surface area (Å²) in [5, 5.41) is 16.9. The van der Waals surface area contributed by atoms with Crippen LogP contribution in [0.25, 0.3) is 0 Å². The third kappa shape index (κ3) is 10.1. The van der Waals surface area contributed by atoms with E-state index in [4.69, 9.17) is 11.5 Å². The normalized spacial score (nSPS) is 14.3. The Balaban J connectivity index is 2.72. The number of carbonyl (C=O) groups excluding carboxylic acids is 4. The summed E-state index contributed by atoms with van der Waals surface area (Å²) in [6, 6.07) is 5.67. The van der Waals surface area contributed by atoms with Gasteiger partial charge in [-0.1, -0.05) is 50.6 Å². The predicted molar refractivity (Wildman–Crippen MR) is 121 cm³/mol. The zero-order valence-corrected chi connectivity index (χ0v) is 18.9. The fraction of sp³-hybridized carbons (Fsp3) is 0.500. The van der Waals surface area contributed by atoms with Crippen LogP contribution in [0.2, 0.25) is 0 Å². The molecule has 4 amide bonds. The van der Waals surface area contributed by atoms with E-state index in [0.29, 0.717) is 6.42 Å². The van der Waals surface area contributed by atoms with E-state index in [1.54, 1.807) is 37.3 Å². The molecule has 0 bridgehead atoms. The van der Waals surface area contributed by atoms with Gasteiger partial charge in [0.15, 0.2) is 0 Å². The second-order valence-electron chi connectivity index (χ2n) is 7.85. The molecule has 33 heavy (non-hydrogen) atoms. The van der Waals surface area contributed by atoms with Gasteiger partial charge in [0.25, 0.3) is 0 Å². The van der Waals surface area contributed by atoms with Crippen molar-refractivity contribution in [3.63, 3.8) is 0 Å². The Bertz CT molecular complexity index is 832. The summed E-state index contributed by atoms with van der Waals surface area (Å²) in [6.45, 7) is 3.14. The van der Waals surface area contributed by atoms with Crippen LogP contribution in [0.4, 0.5) is 0 Å². The number of primary amides is 1. The molecule has 0 saturated heterocycles. The molecule has 8 N–H and O–H groups in total. The standard InChI is InChI=1S/C22H33N5O6/c1-3-13(2)19(27-18(29)12-25-20(30)15(23)9-10-17(24)28)21(31)26-16(22(32)33)11-14-7-5-4-6-8-14/h4-8,13,15-16,19H,3,9-12,23H2,1-2H3,(H2,24,28)(H,25,30)(H,26,31)(H,27,29)(H,32,33). The van der Waals surface area contributed by atoms with Crippen LogP contribution >= 0.6 is 0 Å². The predicted octanol–water partition coefficient (Wildman–Crippen LogP) is -0.962. The van der Waals surface area contributed by atoms with Crippen molar-refractivity contribution in [1.82, 2.24) is 16.0 Å². The van der Waals surface area contributed by atoms with Crippen molar-refractivity contribution < 1.29 is 29.1 Å². The Hall–Kier alpha value is -3.47. The Morgan fingerprint density at radius 2 is 1.67 bits per heavy atom. The zero-order chi connectivity index (χ0) is 25.0. The summed E-state index contributed by atoms with van der Waals surface area (Å²) in [5.41, 5.74) is 11.4. The number of rotatable bonds is 14. The van der Waals surface area contributed by atoms with E-state index >= 15 is 0 Å². The zero-order valence-electron chi connectivity index (χ0n) is 18.9. The van der Waals surface area contributed by atoms with Crippen LogP contribution in [0.5, 0.6) is 0 Å². The van der Waals surface area contributed by atoms with Crippen LogP contribution in [0.3, 0.4) is 0 Å². The summed E-state index contributed by atoms with van der Waals surface area (Å²) in [7, 11) is 0. The highest BCUT2D eigenvalue weighted by molar-refractivity contribution is 5.92. The van der Waals surface area contributed by atoms with Crippen LogP contribution in [-0.2, 0) is 30.4 Å². The number of carboxylic acids is 1. The number of nitrogens with two attached hydrogens (primary N) is 2. The van der Waals surface area contributed by atoms with Gasteiger partial charge in [0.1, 0.15) is 12.1 Å². The van der Waals surface area contributed by atoms with E-state index in [-0.39, 0.29) is 25.2 Å². The second-order valence-corrected chi connectivity index (χ2v) is 7.85. The summed E-state index contributed by atoms with van der Waals surface area (Å²) in [4.78, 5) is 59.6. The number of nitrogens with one attached hydrogen (secondary N) is 3. The van der Waals surface area contributed by atoms with Gasteiger partial charge in [-0.05, 0) is 17.9 Å². The van der Waals surface area contributed by atoms with Gasteiger partial charge in [-0.25, -0.2) is 4.79 Å². The largest absolute Gasteiger partial charge is 0.480 e. The fourth-order valence-corrected chi connectivity index (χ4v) is 2.97. The highest BCUT2D eigenvalue weighted by atomic mass is 16.4. The minimum atomic E-state index is -1.20. The average molecular weight is 464 g/mol. The smallest absolute Gasteiger partial charge is 0.326 e. The molecule has 4 unspecified atom stereocenters.